The maximum Gasteiger partial charge on any atom is 0.0597 e. The third-order valence-electron chi connectivity index (χ3n) is 2.93. The highest BCUT2D eigenvalue weighted by molar-refractivity contribution is 9.10. The van der Waals surface area contributed by atoms with Crippen molar-refractivity contribution in [2.24, 2.45) is 0 Å². The van der Waals surface area contributed by atoms with Gasteiger partial charge in [0.2, 0.25) is 0 Å². The van der Waals surface area contributed by atoms with Crippen molar-refractivity contribution in [3.05, 3.63) is 64.1 Å². The zero-order valence-electron chi connectivity index (χ0n) is 10.6. The van der Waals surface area contributed by atoms with Crippen LogP contribution in [0.5, 0.6) is 0 Å². The lowest BCUT2D eigenvalue weighted by molar-refractivity contribution is 0.342. The highest BCUT2D eigenvalue weighted by Crippen LogP contribution is 2.28. The number of nitrogens with two attached hydrogens (primary N) is 1. The van der Waals surface area contributed by atoms with Gasteiger partial charge >= 0.3 is 0 Å². The zero-order valence-corrected chi connectivity index (χ0v) is 12.2. The van der Waals surface area contributed by atoms with Gasteiger partial charge in [0.15, 0.2) is 0 Å². The molecule has 0 heterocycles. The summed E-state index contributed by atoms with van der Waals surface area (Å²) in [6.07, 6.45) is 0. The van der Waals surface area contributed by atoms with Crippen LogP contribution in [-0.4, -0.2) is 19.0 Å². The van der Waals surface area contributed by atoms with Gasteiger partial charge in [0.05, 0.1) is 6.04 Å². The Hall–Kier alpha value is -1.32. The molecule has 0 saturated carbocycles. The lowest BCUT2D eigenvalue weighted by Gasteiger charge is -2.25. The van der Waals surface area contributed by atoms with Crippen LogP contribution in [0.25, 0.3) is 0 Å². The monoisotopic (exact) mass is 304 g/mol. The first kappa shape index (κ1) is 13.1. The zero-order chi connectivity index (χ0) is 13.1. The van der Waals surface area contributed by atoms with Gasteiger partial charge in [-0.25, -0.2) is 0 Å². The van der Waals surface area contributed by atoms with E-state index in [9.17, 15) is 0 Å². The van der Waals surface area contributed by atoms with Crippen LogP contribution in [0.3, 0.4) is 0 Å². The van der Waals surface area contributed by atoms with E-state index >= 15 is 0 Å². The molecule has 2 rings (SSSR count). The molecular formula is C15H17BrN2. The molecule has 1 atom stereocenters. The van der Waals surface area contributed by atoms with E-state index in [1.165, 1.54) is 11.1 Å². The van der Waals surface area contributed by atoms with Crippen LogP contribution in [-0.2, 0) is 0 Å². The van der Waals surface area contributed by atoms with E-state index in [1.54, 1.807) is 0 Å². The molecule has 0 bridgehead atoms. The Balaban J connectivity index is 2.43. The topological polar surface area (TPSA) is 29.3 Å². The van der Waals surface area contributed by atoms with E-state index < -0.39 is 0 Å². The van der Waals surface area contributed by atoms with Crippen molar-refractivity contribution < 1.29 is 0 Å². The first-order valence-corrected chi connectivity index (χ1v) is 6.64. The number of halogens is 1. The third kappa shape index (κ3) is 2.92. The lowest BCUT2D eigenvalue weighted by Crippen LogP contribution is -2.21. The lowest BCUT2D eigenvalue weighted by atomic mass is 9.97. The summed E-state index contributed by atoms with van der Waals surface area (Å²) in [5, 5.41) is 0. The van der Waals surface area contributed by atoms with E-state index in [0.717, 1.165) is 10.2 Å². The summed E-state index contributed by atoms with van der Waals surface area (Å²) in [4.78, 5) is 2.19. The van der Waals surface area contributed by atoms with Crippen LogP contribution < -0.4 is 5.73 Å². The van der Waals surface area contributed by atoms with Crippen LogP contribution in [0.1, 0.15) is 17.2 Å². The highest BCUT2D eigenvalue weighted by Gasteiger charge is 2.16. The van der Waals surface area contributed by atoms with E-state index in [1.807, 2.05) is 18.2 Å². The molecule has 2 aromatic rings. The molecule has 0 fully saturated rings. The third-order valence-corrected chi connectivity index (χ3v) is 3.46. The molecule has 0 aliphatic rings. The molecule has 0 aromatic heterocycles. The van der Waals surface area contributed by atoms with E-state index in [4.69, 9.17) is 5.73 Å². The fourth-order valence-corrected chi connectivity index (χ4v) is 2.43. The summed E-state index contributed by atoms with van der Waals surface area (Å²) in [7, 11) is 4.16. The molecular weight excluding hydrogens is 288 g/mol. The molecule has 0 amide bonds. The van der Waals surface area contributed by atoms with Gasteiger partial charge in [0, 0.05) is 10.2 Å². The van der Waals surface area contributed by atoms with Crippen LogP contribution in [0.4, 0.5) is 5.69 Å². The van der Waals surface area contributed by atoms with Crippen LogP contribution >= 0.6 is 15.9 Å². The minimum absolute atomic E-state index is 0.224. The molecule has 0 spiro atoms. The van der Waals surface area contributed by atoms with Crippen molar-refractivity contribution >= 4 is 21.6 Å². The number of nitrogen functional groups attached to an aromatic ring is 1. The second kappa shape index (κ2) is 5.55. The number of rotatable bonds is 3. The largest absolute Gasteiger partial charge is 0.399 e. The first-order chi connectivity index (χ1) is 8.58. The van der Waals surface area contributed by atoms with Gasteiger partial charge in [-0.3, -0.25) is 4.90 Å². The molecule has 18 heavy (non-hydrogen) atoms. The van der Waals surface area contributed by atoms with Gasteiger partial charge in [-0.2, -0.15) is 0 Å². The van der Waals surface area contributed by atoms with Crippen LogP contribution in [0.2, 0.25) is 0 Å². The number of hydrogen-bond donors (Lipinski definition) is 1. The standard InChI is InChI=1S/C15H17BrN2/c1-18(2)15(11-6-8-13(16)9-7-11)12-4-3-5-14(17)10-12/h3-10,15H,17H2,1-2H3. The molecule has 0 radical (unpaired) electrons. The van der Waals surface area contributed by atoms with Crippen molar-refractivity contribution in [3.8, 4) is 0 Å². The predicted molar refractivity (Wildman–Crippen MR) is 80.5 cm³/mol. The molecule has 0 aliphatic heterocycles. The van der Waals surface area contributed by atoms with Gasteiger partial charge in [-0.15, -0.1) is 0 Å². The van der Waals surface area contributed by atoms with Gasteiger partial charge in [0.1, 0.15) is 0 Å². The molecule has 94 valence electrons. The Morgan fingerprint density at radius 3 is 2.22 bits per heavy atom. The molecule has 2 aromatic carbocycles. The maximum absolute atomic E-state index is 5.87. The van der Waals surface area contributed by atoms with E-state index in [0.29, 0.717) is 0 Å². The van der Waals surface area contributed by atoms with E-state index in [2.05, 4.69) is 65.3 Å². The fraction of sp³-hybridized carbons (Fsp3) is 0.200. The Morgan fingerprint density at radius 2 is 1.67 bits per heavy atom. The SMILES string of the molecule is CN(C)C(c1ccc(Br)cc1)c1cccc(N)c1. The summed E-state index contributed by atoms with van der Waals surface area (Å²) in [5.41, 5.74) is 9.14. The quantitative estimate of drug-likeness (QED) is 0.877. The van der Waals surface area contributed by atoms with Crippen molar-refractivity contribution in [2.75, 3.05) is 19.8 Å². The molecule has 0 aliphatic carbocycles. The first-order valence-electron chi connectivity index (χ1n) is 5.85. The summed E-state index contributed by atoms with van der Waals surface area (Å²) >= 11 is 3.47. The van der Waals surface area contributed by atoms with E-state index in [-0.39, 0.29) is 6.04 Å². The minimum Gasteiger partial charge on any atom is -0.399 e. The maximum atomic E-state index is 5.87. The second-order valence-electron chi connectivity index (χ2n) is 4.59. The van der Waals surface area contributed by atoms with Gasteiger partial charge in [-0.05, 0) is 49.5 Å². The van der Waals surface area contributed by atoms with Crippen molar-refractivity contribution in [1.82, 2.24) is 4.90 Å². The minimum atomic E-state index is 0.224. The molecule has 3 heteroatoms. The number of anilines is 1. The summed E-state index contributed by atoms with van der Waals surface area (Å²) in [6.45, 7) is 0. The smallest absolute Gasteiger partial charge is 0.0597 e. The van der Waals surface area contributed by atoms with Crippen LogP contribution in [0.15, 0.2) is 53.0 Å². The summed E-state index contributed by atoms with van der Waals surface area (Å²) in [5.74, 6) is 0. The molecule has 2 N–H and O–H groups in total. The van der Waals surface area contributed by atoms with Gasteiger partial charge in [-0.1, -0.05) is 40.2 Å². The average molecular weight is 305 g/mol. The Labute approximate surface area is 117 Å². The average Bonchev–Trinajstić information content (AvgIpc) is 2.32. The number of hydrogen-bond acceptors (Lipinski definition) is 2. The van der Waals surface area contributed by atoms with Gasteiger partial charge < -0.3 is 5.73 Å². The summed E-state index contributed by atoms with van der Waals surface area (Å²) in [6, 6.07) is 16.7. The highest BCUT2D eigenvalue weighted by atomic mass is 79.9. The fourth-order valence-electron chi connectivity index (χ4n) is 2.16. The number of nitrogens with zero attached hydrogens (tertiary/aromatic N) is 1. The van der Waals surface area contributed by atoms with Crippen molar-refractivity contribution in [3.63, 3.8) is 0 Å². The van der Waals surface area contributed by atoms with Gasteiger partial charge in [0.25, 0.3) is 0 Å². The van der Waals surface area contributed by atoms with Crippen LogP contribution in [0, 0.1) is 0 Å². The predicted octanol–water partition coefficient (Wildman–Crippen LogP) is 3.68. The Morgan fingerprint density at radius 1 is 1.00 bits per heavy atom. The second-order valence-corrected chi connectivity index (χ2v) is 5.50. The molecule has 0 saturated heterocycles. The van der Waals surface area contributed by atoms with Crippen molar-refractivity contribution in [1.29, 1.82) is 0 Å². The molecule has 1 unspecified atom stereocenters. The molecule has 2 nitrogen and oxygen atoms in total. The van der Waals surface area contributed by atoms with Crippen molar-refractivity contribution in [2.45, 2.75) is 6.04 Å². The Bertz CT molecular complexity index is 520. The Kier molecular flexibility index (Phi) is 4.04. The number of benzene rings is 2. The summed E-state index contributed by atoms with van der Waals surface area (Å²) < 4.78 is 1.09. The normalized spacial score (nSPS) is 12.7.